The van der Waals surface area contributed by atoms with Crippen LogP contribution in [0.5, 0.6) is 5.75 Å². The van der Waals surface area contributed by atoms with Crippen LogP contribution in [0.4, 0.5) is 0 Å². The summed E-state index contributed by atoms with van der Waals surface area (Å²) in [6, 6.07) is 5.93. The highest BCUT2D eigenvalue weighted by atomic mass is 16.5. The molecule has 0 N–H and O–H groups in total. The zero-order chi connectivity index (χ0) is 12.3. The van der Waals surface area contributed by atoms with E-state index in [9.17, 15) is 4.79 Å². The van der Waals surface area contributed by atoms with Gasteiger partial charge >= 0.3 is 0 Å². The minimum absolute atomic E-state index is 0.0278. The Kier molecular flexibility index (Phi) is 3.93. The van der Waals surface area contributed by atoms with Crippen LogP contribution in [-0.2, 0) is 4.79 Å². The van der Waals surface area contributed by atoms with E-state index < -0.39 is 6.10 Å². The standard InChI is InChI=1S/C13H19NO2/c1-9-6-7-12(10(2)8-9)16-11(3)13(15)14(4)5/h6-8,11H,1-5H3/t11-/m1/s1. The predicted molar refractivity (Wildman–Crippen MR) is 64.7 cm³/mol. The Balaban J connectivity index is 2.77. The number of hydrogen-bond donors (Lipinski definition) is 0. The van der Waals surface area contributed by atoms with Crippen LogP contribution in [0.25, 0.3) is 0 Å². The number of rotatable bonds is 3. The molecule has 88 valence electrons. The maximum absolute atomic E-state index is 11.6. The first-order chi connectivity index (χ1) is 7.41. The molecule has 1 aromatic rings. The second-order valence-electron chi connectivity index (χ2n) is 4.26. The van der Waals surface area contributed by atoms with Gasteiger partial charge in [0.1, 0.15) is 5.75 Å². The summed E-state index contributed by atoms with van der Waals surface area (Å²) in [5, 5.41) is 0. The van der Waals surface area contributed by atoms with Gasteiger partial charge in [-0.25, -0.2) is 0 Å². The second-order valence-corrected chi connectivity index (χ2v) is 4.26. The molecule has 0 aromatic heterocycles. The second kappa shape index (κ2) is 5.01. The molecule has 0 spiro atoms. The number of benzene rings is 1. The molecule has 0 saturated carbocycles. The van der Waals surface area contributed by atoms with Crippen molar-refractivity contribution in [3.63, 3.8) is 0 Å². The number of carbonyl (C=O) groups excluding carboxylic acids is 1. The smallest absolute Gasteiger partial charge is 0.262 e. The summed E-state index contributed by atoms with van der Waals surface area (Å²) >= 11 is 0. The third kappa shape index (κ3) is 2.99. The van der Waals surface area contributed by atoms with Gasteiger partial charge in [-0.05, 0) is 32.4 Å². The number of carbonyl (C=O) groups is 1. The first-order valence-electron chi connectivity index (χ1n) is 5.37. The number of nitrogens with zero attached hydrogens (tertiary/aromatic N) is 1. The van der Waals surface area contributed by atoms with Crippen LogP contribution >= 0.6 is 0 Å². The van der Waals surface area contributed by atoms with Gasteiger partial charge in [-0.15, -0.1) is 0 Å². The largest absolute Gasteiger partial charge is 0.481 e. The lowest BCUT2D eigenvalue weighted by Crippen LogP contribution is -2.35. The first-order valence-corrected chi connectivity index (χ1v) is 5.37. The van der Waals surface area contributed by atoms with Crippen molar-refractivity contribution >= 4 is 5.91 Å². The van der Waals surface area contributed by atoms with Gasteiger partial charge in [0.25, 0.3) is 5.91 Å². The molecule has 1 amide bonds. The Labute approximate surface area is 97.0 Å². The lowest BCUT2D eigenvalue weighted by molar-refractivity contribution is -0.135. The van der Waals surface area contributed by atoms with E-state index in [2.05, 4.69) is 0 Å². The molecule has 0 unspecified atom stereocenters. The molecule has 0 aliphatic rings. The van der Waals surface area contributed by atoms with Gasteiger partial charge < -0.3 is 9.64 Å². The molecule has 16 heavy (non-hydrogen) atoms. The summed E-state index contributed by atoms with van der Waals surface area (Å²) in [4.78, 5) is 13.2. The Bertz CT molecular complexity index is 386. The van der Waals surface area contributed by atoms with E-state index in [1.165, 1.54) is 10.5 Å². The summed E-state index contributed by atoms with van der Waals surface area (Å²) in [6.45, 7) is 5.78. The summed E-state index contributed by atoms with van der Waals surface area (Å²) in [6.07, 6.45) is -0.448. The maximum Gasteiger partial charge on any atom is 0.262 e. The third-order valence-electron chi connectivity index (χ3n) is 2.42. The van der Waals surface area contributed by atoms with E-state index in [1.807, 2.05) is 32.0 Å². The fraction of sp³-hybridized carbons (Fsp3) is 0.462. The molecule has 0 heterocycles. The fourth-order valence-corrected chi connectivity index (χ4v) is 1.54. The highest BCUT2D eigenvalue weighted by molar-refractivity contribution is 5.80. The van der Waals surface area contributed by atoms with Gasteiger partial charge in [0.05, 0.1) is 0 Å². The number of likely N-dealkylation sites (N-methyl/N-ethyl adjacent to an activating group) is 1. The van der Waals surface area contributed by atoms with Crippen LogP contribution in [-0.4, -0.2) is 31.0 Å². The molecule has 1 aromatic carbocycles. The van der Waals surface area contributed by atoms with Gasteiger partial charge in [0.2, 0.25) is 0 Å². The Morgan fingerprint density at radius 1 is 1.31 bits per heavy atom. The lowest BCUT2D eigenvalue weighted by Gasteiger charge is -2.19. The number of hydrogen-bond acceptors (Lipinski definition) is 2. The highest BCUT2D eigenvalue weighted by Gasteiger charge is 2.17. The predicted octanol–water partition coefficient (Wildman–Crippen LogP) is 2.16. The van der Waals surface area contributed by atoms with Crippen LogP contribution in [0.3, 0.4) is 0 Å². The molecule has 0 aliphatic heterocycles. The van der Waals surface area contributed by atoms with Crippen LogP contribution < -0.4 is 4.74 Å². The normalized spacial score (nSPS) is 12.1. The van der Waals surface area contributed by atoms with E-state index in [0.29, 0.717) is 0 Å². The summed E-state index contributed by atoms with van der Waals surface area (Å²) in [5.74, 6) is 0.744. The Morgan fingerprint density at radius 3 is 2.44 bits per heavy atom. The van der Waals surface area contributed by atoms with Crippen molar-refractivity contribution in [1.82, 2.24) is 4.90 Å². The number of amides is 1. The van der Waals surface area contributed by atoms with Gasteiger partial charge in [-0.1, -0.05) is 17.7 Å². The molecule has 0 aliphatic carbocycles. The zero-order valence-electron chi connectivity index (χ0n) is 10.6. The SMILES string of the molecule is Cc1ccc(O[C@H](C)C(=O)N(C)C)c(C)c1. The zero-order valence-corrected chi connectivity index (χ0v) is 10.6. The van der Waals surface area contributed by atoms with E-state index in [0.717, 1.165) is 11.3 Å². The summed E-state index contributed by atoms with van der Waals surface area (Å²) in [7, 11) is 3.45. The van der Waals surface area contributed by atoms with Crippen molar-refractivity contribution in [2.75, 3.05) is 14.1 Å². The van der Waals surface area contributed by atoms with Crippen molar-refractivity contribution in [2.24, 2.45) is 0 Å². The average Bonchev–Trinajstić information content (AvgIpc) is 2.20. The Hall–Kier alpha value is -1.51. The van der Waals surface area contributed by atoms with Crippen molar-refractivity contribution < 1.29 is 9.53 Å². The summed E-state index contributed by atoms with van der Waals surface area (Å²) < 4.78 is 5.63. The molecule has 3 nitrogen and oxygen atoms in total. The number of ether oxygens (including phenoxy) is 1. The van der Waals surface area contributed by atoms with Crippen molar-refractivity contribution in [3.8, 4) is 5.75 Å². The van der Waals surface area contributed by atoms with Gasteiger partial charge in [-0.2, -0.15) is 0 Å². The topological polar surface area (TPSA) is 29.5 Å². The minimum Gasteiger partial charge on any atom is -0.481 e. The molecule has 0 radical (unpaired) electrons. The molecule has 0 saturated heterocycles. The molecular weight excluding hydrogens is 202 g/mol. The molecule has 1 atom stereocenters. The van der Waals surface area contributed by atoms with Crippen molar-refractivity contribution in [3.05, 3.63) is 29.3 Å². The Morgan fingerprint density at radius 2 is 1.94 bits per heavy atom. The maximum atomic E-state index is 11.6. The van der Waals surface area contributed by atoms with Crippen LogP contribution in [0, 0.1) is 13.8 Å². The van der Waals surface area contributed by atoms with E-state index in [-0.39, 0.29) is 5.91 Å². The van der Waals surface area contributed by atoms with Gasteiger partial charge in [-0.3, -0.25) is 4.79 Å². The van der Waals surface area contributed by atoms with Crippen molar-refractivity contribution in [1.29, 1.82) is 0 Å². The van der Waals surface area contributed by atoms with E-state index in [4.69, 9.17) is 4.74 Å². The monoisotopic (exact) mass is 221 g/mol. The molecule has 1 rings (SSSR count). The quantitative estimate of drug-likeness (QED) is 0.782. The van der Waals surface area contributed by atoms with Gasteiger partial charge in [0, 0.05) is 14.1 Å². The summed E-state index contributed by atoms with van der Waals surface area (Å²) in [5.41, 5.74) is 2.25. The highest BCUT2D eigenvalue weighted by Crippen LogP contribution is 2.20. The first kappa shape index (κ1) is 12.6. The average molecular weight is 221 g/mol. The van der Waals surface area contributed by atoms with Crippen molar-refractivity contribution in [2.45, 2.75) is 26.9 Å². The van der Waals surface area contributed by atoms with Gasteiger partial charge in [0.15, 0.2) is 6.10 Å². The third-order valence-corrected chi connectivity index (χ3v) is 2.42. The lowest BCUT2D eigenvalue weighted by atomic mass is 10.1. The van der Waals surface area contributed by atoms with Crippen LogP contribution in [0.1, 0.15) is 18.1 Å². The molecule has 0 fully saturated rings. The number of aryl methyl sites for hydroxylation is 2. The van der Waals surface area contributed by atoms with Crippen LogP contribution in [0.2, 0.25) is 0 Å². The fourth-order valence-electron chi connectivity index (χ4n) is 1.54. The minimum atomic E-state index is -0.448. The van der Waals surface area contributed by atoms with E-state index >= 15 is 0 Å². The molecular formula is C13H19NO2. The molecule has 3 heteroatoms. The van der Waals surface area contributed by atoms with E-state index in [1.54, 1.807) is 21.0 Å². The molecule has 0 bridgehead atoms. The van der Waals surface area contributed by atoms with Crippen LogP contribution in [0.15, 0.2) is 18.2 Å².